The summed E-state index contributed by atoms with van der Waals surface area (Å²) in [5.74, 6) is -0.651. The van der Waals surface area contributed by atoms with Gasteiger partial charge in [0.1, 0.15) is 12.2 Å². The van der Waals surface area contributed by atoms with Gasteiger partial charge in [-0.15, -0.1) is 0 Å². The van der Waals surface area contributed by atoms with Gasteiger partial charge in [-0.2, -0.15) is 0 Å². The first kappa shape index (κ1) is 25.2. The standard InChI is InChI=1S/C24H27I2NO5/c1-16(21(28)32-23(2,3)4)18-10-12-19(13-11-18)20-15-31-24(25,26)27(20)22(29)30-14-17-8-6-5-7-9-17/h5-13,16,20H,14-15H2,1-4H3. The molecular formula is C24H27I2NO5. The molecule has 0 spiro atoms. The molecule has 0 saturated carbocycles. The summed E-state index contributed by atoms with van der Waals surface area (Å²) in [5, 5.41) is 0. The van der Waals surface area contributed by atoms with E-state index in [1.165, 1.54) is 0 Å². The second-order valence-corrected chi connectivity index (χ2v) is 13.6. The number of esters is 1. The SMILES string of the molecule is CC(C(=O)OC(C)(C)C)c1ccc(C2COC(I)(I)N2C(=O)OCc2ccccc2)cc1. The van der Waals surface area contributed by atoms with Crippen LogP contribution >= 0.6 is 45.2 Å². The Morgan fingerprint density at radius 1 is 1.12 bits per heavy atom. The van der Waals surface area contributed by atoms with Gasteiger partial charge in [-0.25, -0.2) is 4.79 Å². The molecule has 1 aliphatic heterocycles. The van der Waals surface area contributed by atoms with Crippen molar-refractivity contribution in [2.45, 2.75) is 53.6 Å². The second kappa shape index (κ2) is 10.3. The molecular weight excluding hydrogens is 636 g/mol. The summed E-state index contributed by atoms with van der Waals surface area (Å²) in [6.07, 6.45) is -0.439. The molecule has 0 aliphatic carbocycles. The first-order chi connectivity index (χ1) is 15.0. The predicted molar refractivity (Wildman–Crippen MR) is 139 cm³/mol. The molecule has 1 amide bonds. The largest absolute Gasteiger partial charge is 0.460 e. The van der Waals surface area contributed by atoms with Crippen molar-refractivity contribution >= 4 is 57.2 Å². The van der Waals surface area contributed by atoms with Gasteiger partial charge in [-0.3, -0.25) is 9.69 Å². The van der Waals surface area contributed by atoms with Crippen LogP contribution < -0.4 is 0 Å². The fraction of sp³-hybridized carbons (Fsp3) is 0.417. The van der Waals surface area contributed by atoms with Gasteiger partial charge in [0, 0.05) is 0 Å². The van der Waals surface area contributed by atoms with Gasteiger partial charge in [0.15, 0.2) is 0 Å². The van der Waals surface area contributed by atoms with Gasteiger partial charge in [-0.1, -0.05) is 54.6 Å². The minimum atomic E-state index is -0.851. The summed E-state index contributed by atoms with van der Waals surface area (Å²) in [7, 11) is 0. The summed E-state index contributed by atoms with van der Waals surface area (Å²) in [4.78, 5) is 27.0. The minimum Gasteiger partial charge on any atom is -0.460 e. The molecule has 2 aromatic carbocycles. The lowest BCUT2D eigenvalue weighted by Gasteiger charge is -2.30. The highest BCUT2D eigenvalue weighted by Gasteiger charge is 2.48. The van der Waals surface area contributed by atoms with Crippen LogP contribution in [-0.2, 0) is 25.6 Å². The molecule has 6 nitrogen and oxygen atoms in total. The smallest absolute Gasteiger partial charge is 0.414 e. The van der Waals surface area contributed by atoms with E-state index >= 15 is 0 Å². The number of carbonyl (C=O) groups excluding carboxylic acids is 2. The lowest BCUT2D eigenvalue weighted by Crippen LogP contribution is -2.40. The third-order valence-corrected chi connectivity index (χ3v) is 6.65. The molecule has 3 rings (SSSR count). The zero-order valence-corrected chi connectivity index (χ0v) is 22.8. The Hall–Kier alpha value is -1.40. The molecule has 172 valence electrons. The van der Waals surface area contributed by atoms with Crippen molar-refractivity contribution in [3.63, 3.8) is 0 Å². The number of hydrogen-bond donors (Lipinski definition) is 0. The fourth-order valence-corrected chi connectivity index (χ4v) is 4.73. The molecule has 1 heterocycles. The number of amides is 1. The van der Waals surface area contributed by atoms with Crippen molar-refractivity contribution < 1.29 is 23.8 Å². The molecule has 1 fully saturated rings. The lowest BCUT2D eigenvalue weighted by molar-refractivity contribution is -0.156. The van der Waals surface area contributed by atoms with Crippen LogP contribution in [0.5, 0.6) is 0 Å². The van der Waals surface area contributed by atoms with E-state index in [1.807, 2.05) is 82.3 Å². The van der Waals surface area contributed by atoms with E-state index in [-0.39, 0.29) is 24.5 Å². The number of nitrogens with zero attached hydrogens (tertiary/aromatic N) is 1. The summed E-state index contributed by atoms with van der Waals surface area (Å²) >= 11 is 4.21. The van der Waals surface area contributed by atoms with Crippen LogP contribution in [-0.4, -0.2) is 30.9 Å². The van der Waals surface area contributed by atoms with E-state index in [2.05, 4.69) is 45.2 Å². The van der Waals surface area contributed by atoms with Crippen molar-refractivity contribution in [2.24, 2.45) is 0 Å². The van der Waals surface area contributed by atoms with Crippen LogP contribution in [0.25, 0.3) is 0 Å². The third kappa shape index (κ3) is 6.34. The van der Waals surface area contributed by atoms with Gasteiger partial charge in [0.05, 0.1) is 18.6 Å². The van der Waals surface area contributed by atoms with Crippen molar-refractivity contribution in [3.05, 3.63) is 71.3 Å². The summed E-state index contributed by atoms with van der Waals surface area (Å²) in [6, 6.07) is 16.9. The van der Waals surface area contributed by atoms with E-state index in [4.69, 9.17) is 14.2 Å². The quantitative estimate of drug-likeness (QED) is 0.162. The normalized spacial score (nSPS) is 18.8. The molecule has 32 heavy (non-hydrogen) atoms. The zero-order chi connectivity index (χ0) is 23.5. The molecule has 2 atom stereocenters. The molecule has 0 N–H and O–H groups in total. The fourth-order valence-electron chi connectivity index (χ4n) is 3.31. The number of benzene rings is 2. The molecule has 2 aromatic rings. The van der Waals surface area contributed by atoms with Crippen LogP contribution in [0.15, 0.2) is 54.6 Å². The van der Waals surface area contributed by atoms with Gasteiger partial charge in [0.2, 0.25) is 0 Å². The molecule has 0 bridgehead atoms. The van der Waals surface area contributed by atoms with Gasteiger partial charge >= 0.3 is 12.1 Å². The maximum Gasteiger partial charge on any atom is 0.414 e. The highest BCUT2D eigenvalue weighted by Crippen LogP contribution is 2.46. The van der Waals surface area contributed by atoms with Crippen LogP contribution in [0.1, 0.15) is 56.3 Å². The number of hydrogen-bond acceptors (Lipinski definition) is 5. The van der Waals surface area contributed by atoms with Crippen molar-refractivity contribution in [1.29, 1.82) is 0 Å². The molecule has 1 saturated heterocycles. The average molecular weight is 663 g/mol. The third-order valence-electron chi connectivity index (χ3n) is 4.99. The van der Waals surface area contributed by atoms with Gasteiger partial charge < -0.3 is 14.2 Å². The molecule has 0 aromatic heterocycles. The lowest BCUT2D eigenvalue weighted by atomic mass is 9.97. The topological polar surface area (TPSA) is 65.1 Å². The summed E-state index contributed by atoms with van der Waals surface area (Å²) < 4.78 is 16.1. The van der Waals surface area contributed by atoms with Gasteiger partial charge in [0.25, 0.3) is 1.74 Å². The second-order valence-electron chi connectivity index (χ2n) is 8.64. The molecule has 2 unspecified atom stereocenters. The number of ether oxygens (including phenoxy) is 3. The molecule has 8 heteroatoms. The number of halogens is 2. The highest BCUT2D eigenvalue weighted by atomic mass is 127. The maximum atomic E-state index is 13.0. The highest BCUT2D eigenvalue weighted by molar-refractivity contribution is 14.2. The first-order valence-electron chi connectivity index (χ1n) is 10.3. The van der Waals surface area contributed by atoms with Gasteiger partial charge in [-0.05, 0) is 89.6 Å². The van der Waals surface area contributed by atoms with Crippen LogP contribution in [0.3, 0.4) is 0 Å². The monoisotopic (exact) mass is 663 g/mol. The predicted octanol–water partition coefficient (Wildman–Crippen LogP) is 6.32. The first-order valence-corrected chi connectivity index (χ1v) is 12.5. The van der Waals surface area contributed by atoms with Crippen LogP contribution in [0.2, 0.25) is 0 Å². The van der Waals surface area contributed by atoms with E-state index in [0.29, 0.717) is 6.61 Å². The average Bonchev–Trinajstić information content (AvgIpc) is 3.06. The molecule has 1 aliphatic rings. The maximum absolute atomic E-state index is 13.0. The minimum absolute atomic E-state index is 0.193. The molecule has 0 radical (unpaired) electrons. The van der Waals surface area contributed by atoms with Crippen molar-refractivity contribution in [3.8, 4) is 0 Å². The Kier molecular flexibility index (Phi) is 8.08. The summed E-state index contributed by atoms with van der Waals surface area (Å²) in [6.45, 7) is 7.94. The number of carbonyl (C=O) groups is 2. The Bertz CT molecular complexity index is 941. The number of rotatable bonds is 5. The Morgan fingerprint density at radius 2 is 1.75 bits per heavy atom. The number of alkyl halides is 2. The van der Waals surface area contributed by atoms with E-state index in [0.717, 1.165) is 16.7 Å². The Labute approximate surface area is 216 Å². The summed E-state index contributed by atoms with van der Waals surface area (Å²) in [5.41, 5.74) is 2.16. The van der Waals surface area contributed by atoms with Crippen LogP contribution in [0.4, 0.5) is 4.79 Å². The van der Waals surface area contributed by atoms with E-state index in [9.17, 15) is 9.59 Å². The zero-order valence-electron chi connectivity index (χ0n) is 18.5. The van der Waals surface area contributed by atoms with E-state index in [1.54, 1.807) is 4.90 Å². The van der Waals surface area contributed by atoms with Crippen LogP contribution in [0, 0.1) is 0 Å². The van der Waals surface area contributed by atoms with Crippen molar-refractivity contribution in [2.75, 3.05) is 6.61 Å². The Balaban J connectivity index is 1.72. The van der Waals surface area contributed by atoms with E-state index < -0.39 is 13.4 Å². The van der Waals surface area contributed by atoms with Crippen molar-refractivity contribution in [1.82, 2.24) is 4.90 Å². The Morgan fingerprint density at radius 3 is 2.34 bits per heavy atom.